The van der Waals surface area contributed by atoms with Crippen molar-refractivity contribution in [1.29, 1.82) is 0 Å². The molecule has 0 bridgehead atoms. The van der Waals surface area contributed by atoms with E-state index in [1.165, 1.54) is 14.2 Å². The third kappa shape index (κ3) is 6.77. The zero-order chi connectivity index (χ0) is 24.6. The lowest BCUT2D eigenvalue weighted by Gasteiger charge is -2.39. The molecule has 9 heteroatoms. The smallest absolute Gasteiger partial charge is 0.407 e. The van der Waals surface area contributed by atoms with Crippen LogP contribution in [0.1, 0.15) is 58.4 Å². The van der Waals surface area contributed by atoms with Gasteiger partial charge in [-0.2, -0.15) is 0 Å². The van der Waals surface area contributed by atoms with E-state index in [0.717, 1.165) is 19.3 Å². The standard InChI is InChI=1S/C24H37N3O6/c1-23(2,3)33-22(29)26-15-24(10-8-7-9-11-24)18(21(28)27-25)14-17-19(31-5)12-16(30-4)13-20(17)32-6/h12-14H,7-11,15,25H2,1-6H3,(H,26,29)(H,27,28). The van der Waals surface area contributed by atoms with Crippen molar-refractivity contribution in [3.8, 4) is 17.2 Å². The number of carbonyl (C=O) groups is 2. The second kappa shape index (κ2) is 11.3. The first-order valence-electron chi connectivity index (χ1n) is 11.1. The first kappa shape index (κ1) is 26.3. The van der Waals surface area contributed by atoms with Crippen LogP contribution in [0.3, 0.4) is 0 Å². The molecular formula is C24H37N3O6. The lowest BCUT2D eigenvalue weighted by molar-refractivity contribution is -0.118. The number of carbonyl (C=O) groups excluding carboxylic acids is 2. The Balaban J connectivity index is 2.56. The second-order valence-corrected chi connectivity index (χ2v) is 9.17. The fourth-order valence-corrected chi connectivity index (χ4v) is 4.18. The molecule has 184 valence electrons. The molecule has 0 radical (unpaired) electrons. The van der Waals surface area contributed by atoms with Crippen LogP contribution in [0.2, 0.25) is 0 Å². The largest absolute Gasteiger partial charge is 0.496 e. The lowest BCUT2D eigenvalue weighted by Crippen LogP contribution is -2.46. The summed E-state index contributed by atoms with van der Waals surface area (Å²) < 4.78 is 21.9. The SMILES string of the molecule is COc1cc(OC)c(C=C(C(=O)NN)C2(CNC(=O)OC(C)(C)C)CCCCC2)c(OC)c1. The molecule has 0 aliphatic heterocycles. The number of hydrogen-bond acceptors (Lipinski definition) is 7. The quantitative estimate of drug-likeness (QED) is 0.233. The van der Waals surface area contributed by atoms with Crippen LogP contribution in [-0.2, 0) is 9.53 Å². The van der Waals surface area contributed by atoms with Gasteiger partial charge in [0, 0.05) is 29.7 Å². The van der Waals surface area contributed by atoms with Gasteiger partial charge in [-0.05, 0) is 39.7 Å². The summed E-state index contributed by atoms with van der Waals surface area (Å²) in [6, 6.07) is 3.44. The molecule has 1 aliphatic carbocycles. The minimum atomic E-state index is -0.630. The van der Waals surface area contributed by atoms with Crippen molar-refractivity contribution in [3.05, 3.63) is 23.3 Å². The van der Waals surface area contributed by atoms with Crippen LogP contribution >= 0.6 is 0 Å². The van der Waals surface area contributed by atoms with Gasteiger partial charge < -0.3 is 24.3 Å². The fraction of sp³-hybridized carbons (Fsp3) is 0.583. The van der Waals surface area contributed by atoms with Crippen molar-refractivity contribution < 1.29 is 28.5 Å². The Morgan fingerprint density at radius 3 is 2.06 bits per heavy atom. The number of methoxy groups -OCH3 is 3. The Morgan fingerprint density at radius 2 is 1.61 bits per heavy atom. The molecule has 0 atom stereocenters. The van der Waals surface area contributed by atoms with E-state index in [1.807, 2.05) is 0 Å². The van der Waals surface area contributed by atoms with Crippen LogP contribution in [0.4, 0.5) is 4.79 Å². The van der Waals surface area contributed by atoms with Crippen molar-refractivity contribution in [2.24, 2.45) is 11.3 Å². The van der Waals surface area contributed by atoms with Gasteiger partial charge in [0.1, 0.15) is 22.8 Å². The number of alkyl carbamates (subject to hydrolysis) is 1. The fourth-order valence-electron chi connectivity index (χ4n) is 4.18. The Morgan fingerprint density at radius 1 is 1.03 bits per heavy atom. The number of hydrogen-bond donors (Lipinski definition) is 3. The first-order valence-corrected chi connectivity index (χ1v) is 11.1. The van der Waals surface area contributed by atoms with Crippen molar-refractivity contribution in [2.75, 3.05) is 27.9 Å². The van der Waals surface area contributed by atoms with Gasteiger partial charge in [-0.3, -0.25) is 10.2 Å². The third-order valence-electron chi connectivity index (χ3n) is 5.77. The Kier molecular flexibility index (Phi) is 8.99. The molecule has 1 aromatic carbocycles. The van der Waals surface area contributed by atoms with Crippen LogP contribution in [0.15, 0.2) is 17.7 Å². The molecule has 1 saturated carbocycles. The van der Waals surface area contributed by atoms with Gasteiger partial charge in [-0.15, -0.1) is 0 Å². The first-order chi connectivity index (χ1) is 15.6. The maximum Gasteiger partial charge on any atom is 0.407 e. The number of rotatable bonds is 8. The summed E-state index contributed by atoms with van der Waals surface area (Å²) in [5.74, 6) is 6.69. The van der Waals surface area contributed by atoms with Crippen LogP contribution in [-0.4, -0.2) is 45.5 Å². The second-order valence-electron chi connectivity index (χ2n) is 9.17. The van der Waals surface area contributed by atoms with Gasteiger partial charge >= 0.3 is 6.09 Å². The summed E-state index contributed by atoms with van der Waals surface area (Å²) in [5, 5.41) is 2.87. The van der Waals surface area contributed by atoms with E-state index in [4.69, 9.17) is 24.8 Å². The van der Waals surface area contributed by atoms with E-state index in [-0.39, 0.29) is 6.54 Å². The lowest BCUT2D eigenvalue weighted by atomic mass is 9.68. The van der Waals surface area contributed by atoms with E-state index in [2.05, 4.69) is 10.7 Å². The number of ether oxygens (including phenoxy) is 4. The highest BCUT2D eigenvalue weighted by molar-refractivity contribution is 6.00. The minimum absolute atomic E-state index is 0.238. The maximum absolute atomic E-state index is 13.1. The monoisotopic (exact) mass is 463 g/mol. The predicted octanol–water partition coefficient (Wildman–Crippen LogP) is 3.56. The molecule has 33 heavy (non-hydrogen) atoms. The molecule has 0 aromatic heterocycles. The molecule has 1 aliphatic rings. The normalized spacial score (nSPS) is 15.9. The molecule has 1 fully saturated rings. The number of amides is 2. The Bertz CT molecular complexity index is 844. The molecule has 0 saturated heterocycles. The summed E-state index contributed by atoms with van der Waals surface area (Å²) in [4.78, 5) is 25.5. The number of nitrogens with two attached hydrogens (primary N) is 1. The average Bonchev–Trinajstić information content (AvgIpc) is 2.79. The zero-order valence-corrected chi connectivity index (χ0v) is 20.5. The van der Waals surface area contributed by atoms with Gasteiger partial charge in [0.05, 0.1) is 26.9 Å². The topological polar surface area (TPSA) is 121 Å². The van der Waals surface area contributed by atoms with Gasteiger partial charge in [0.25, 0.3) is 5.91 Å². The number of nitrogens with one attached hydrogen (secondary N) is 2. The van der Waals surface area contributed by atoms with Gasteiger partial charge in [0.2, 0.25) is 0 Å². The minimum Gasteiger partial charge on any atom is -0.496 e. The van der Waals surface area contributed by atoms with E-state index >= 15 is 0 Å². The van der Waals surface area contributed by atoms with Crippen molar-refractivity contribution in [3.63, 3.8) is 0 Å². The third-order valence-corrected chi connectivity index (χ3v) is 5.77. The molecule has 2 rings (SSSR count). The molecule has 0 heterocycles. The molecule has 4 N–H and O–H groups in total. The maximum atomic E-state index is 13.1. The molecule has 2 amide bonds. The predicted molar refractivity (Wildman–Crippen MR) is 126 cm³/mol. The molecular weight excluding hydrogens is 426 g/mol. The summed E-state index contributed by atoms with van der Waals surface area (Å²) in [5.41, 5.74) is 2.05. The van der Waals surface area contributed by atoms with Crippen LogP contribution < -0.4 is 30.8 Å². The van der Waals surface area contributed by atoms with E-state index in [9.17, 15) is 9.59 Å². The van der Waals surface area contributed by atoms with Crippen molar-refractivity contribution >= 4 is 18.1 Å². The zero-order valence-electron chi connectivity index (χ0n) is 20.5. The van der Waals surface area contributed by atoms with E-state index < -0.39 is 23.0 Å². The molecule has 1 aromatic rings. The van der Waals surface area contributed by atoms with E-state index in [1.54, 1.807) is 46.1 Å². The van der Waals surface area contributed by atoms with Crippen molar-refractivity contribution in [1.82, 2.24) is 10.7 Å². The van der Waals surface area contributed by atoms with Crippen LogP contribution in [0.5, 0.6) is 17.2 Å². The summed E-state index contributed by atoms with van der Waals surface area (Å²) in [6.07, 6.45) is 5.53. The van der Waals surface area contributed by atoms with E-state index in [0.29, 0.717) is 41.2 Å². The van der Waals surface area contributed by atoms with Crippen LogP contribution in [0.25, 0.3) is 6.08 Å². The summed E-state index contributed by atoms with van der Waals surface area (Å²) in [6.45, 7) is 5.65. The Labute approximate surface area is 195 Å². The van der Waals surface area contributed by atoms with Crippen LogP contribution in [0, 0.1) is 5.41 Å². The molecule has 0 unspecified atom stereocenters. The van der Waals surface area contributed by atoms with Gasteiger partial charge in [0.15, 0.2) is 0 Å². The van der Waals surface area contributed by atoms with Gasteiger partial charge in [-0.25, -0.2) is 10.6 Å². The summed E-state index contributed by atoms with van der Waals surface area (Å²) in [7, 11) is 4.62. The highest BCUT2D eigenvalue weighted by Gasteiger charge is 2.40. The number of benzene rings is 1. The van der Waals surface area contributed by atoms with Crippen molar-refractivity contribution in [2.45, 2.75) is 58.5 Å². The number of hydrazine groups is 1. The van der Waals surface area contributed by atoms with Gasteiger partial charge in [-0.1, -0.05) is 19.3 Å². The average molecular weight is 464 g/mol. The summed E-state index contributed by atoms with van der Waals surface area (Å²) >= 11 is 0. The Hall–Kier alpha value is -2.94. The molecule has 0 spiro atoms. The highest BCUT2D eigenvalue weighted by Crippen LogP contribution is 2.45. The highest BCUT2D eigenvalue weighted by atomic mass is 16.6. The molecule has 9 nitrogen and oxygen atoms in total.